The highest BCUT2D eigenvalue weighted by atomic mass is 16.1. The van der Waals surface area contributed by atoms with Gasteiger partial charge in [0.2, 0.25) is 6.41 Å². The zero-order valence-corrected chi connectivity index (χ0v) is 8.28. The molecule has 0 unspecified atom stereocenters. The van der Waals surface area contributed by atoms with Crippen molar-refractivity contribution >= 4 is 6.41 Å². The average Bonchev–Trinajstić information content (AvgIpc) is 2.05. The fourth-order valence-corrected chi connectivity index (χ4v) is 2.36. The Morgan fingerprint density at radius 2 is 2.08 bits per heavy atom. The Morgan fingerprint density at radius 3 is 2.54 bits per heavy atom. The molecular formula is C10H18N2O. The summed E-state index contributed by atoms with van der Waals surface area (Å²) in [5.74, 6) is 0. The van der Waals surface area contributed by atoms with Crippen molar-refractivity contribution in [2.45, 2.75) is 38.3 Å². The van der Waals surface area contributed by atoms with Gasteiger partial charge in [0.25, 0.3) is 0 Å². The molecule has 1 atom stereocenters. The Balaban J connectivity index is 1.88. The molecule has 0 spiro atoms. The quantitative estimate of drug-likeness (QED) is 0.587. The Kier molecular flexibility index (Phi) is 2.54. The molecule has 0 aromatic heterocycles. The first-order valence-corrected chi connectivity index (χ1v) is 5.26. The number of hydrogen-bond donors (Lipinski definition) is 0. The van der Waals surface area contributed by atoms with Crippen LogP contribution in [0.4, 0.5) is 0 Å². The van der Waals surface area contributed by atoms with E-state index in [-0.39, 0.29) is 0 Å². The van der Waals surface area contributed by atoms with Gasteiger partial charge in [-0.3, -0.25) is 9.69 Å². The van der Waals surface area contributed by atoms with Gasteiger partial charge < -0.3 is 4.90 Å². The molecule has 0 bridgehead atoms. The normalized spacial score (nSPS) is 31.5. The summed E-state index contributed by atoms with van der Waals surface area (Å²) in [6.07, 6.45) is 5.11. The van der Waals surface area contributed by atoms with Gasteiger partial charge in [-0.2, -0.15) is 0 Å². The van der Waals surface area contributed by atoms with E-state index in [0.29, 0.717) is 6.04 Å². The minimum Gasteiger partial charge on any atom is -0.342 e. The Morgan fingerprint density at radius 1 is 1.31 bits per heavy atom. The van der Waals surface area contributed by atoms with Gasteiger partial charge in [-0.15, -0.1) is 0 Å². The van der Waals surface area contributed by atoms with E-state index in [9.17, 15) is 4.79 Å². The Labute approximate surface area is 79.7 Å². The minimum absolute atomic E-state index is 0.559. The van der Waals surface area contributed by atoms with E-state index in [1.807, 2.05) is 4.90 Å². The Bertz CT molecular complexity index is 191. The predicted molar refractivity (Wildman–Crippen MR) is 51.4 cm³/mol. The maximum Gasteiger partial charge on any atom is 0.209 e. The summed E-state index contributed by atoms with van der Waals surface area (Å²) in [6.45, 7) is 5.14. The molecule has 2 aliphatic rings. The fraction of sp³-hybridized carbons (Fsp3) is 0.900. The second-order valence-corrected chi connectivity index (χ2v) is 4.27. The molecule has 0 N–H and O–H groups in total. The van der Waals surface area contributed by atoms with Crippen molar-refractivity contribution in [3.8, 4) is 0 Å². The zero-order chi connectivity index (χ0) is 9.26. The molecule has 0 aromatic rings. The average molecular weight is 182 g/mol. The summed E-state index contributed by atoms with van der Waals surface area (Å²) in [5.41, 5.74) is 0. The maximum atomic E-state index is 10.6. The van der Waals surface area contributed by atoms with E-state index in [2.05, 4.69) is 11.8 Å². The van der Waals surface area contributed by atoms with Crippen LogP contribution in [0.1, 0.15) is 26.2 Å². The molecule has 1 amide bonds. The van der Waals surface area contributed by atoms with Crippen LogP contribution in [0.25, 0.3) is 0 Å². The van der Waals surface area contributed by atoms with Crippen molar-refractivity contribution in [1.29, 1.82) is 0 Å². The van der Waals surface area contributed by atoms with Crippen LogP contribution in [-0.2, 0) is 4.79 Å². The maximum absolute atomic E-state index is 10.6. The van der Waals surface area contributed by atoms with Crippen LogP contribution in [0.2, 0.25) is 0 Å². The molecule has 1 heterocycles. The molecule has 13 heavy (non-hydrogen) atoms. The number of hydrogen-bond acceptors (Lipinski definition) is 2. The van der Waals surface area contributed by atoms with Gasteiger partial charge in [0.15, 0.2) is 0 Å². The van der Waals surface area contributed by atoms with E-state index in [4.69, 9.17) is 0 Å². The molecule has 1 aliphatic carbocycles. The summed E-state index contributed by atoms with van der Waals surface area (Å²) in [4.78, 5) is 15.0. The summed E-state index contributed by atoms with van der Waals surface area (Å²) >= 11 is 0. The first kappa shape index (κ1) is 9.00. The first-order valence-electron chi connectivity index (χ1n) is 5.26. The van der Waals surface area contributed by atoms with Crippen LogP contribution >= 0.6 is 0 Å². The van der Waals surface area contributed by atoms with Crippen LogP contribution in [-0.4, -0.2) is 47.9 Å². The fourth-order valence-electron chi connectivity index (χ4n) is 2.36. The molecule has 2 fully saturated rings. The van der Waals surface area contributed by atoms with Crippen LogP contribution in [0.5, 0.6) is 0 Å². The van der Waals surface area contributed by atoms with Crippen molar-refractivity contribution < 1.29 is 4.79 Å². The highest BCUT2D eigenvalue weighted by molar-refractivity contribution is 5.47. The van der Waals surface area contributed by atoms with Crippen molar-refractivity contribution in [3.63, 3.8) is 0 Å². The van der Waals surface area contributed by atoms with Gasteiger partial charge in [-0.05, 0) is 19.8 Å². The third-order valence-corrected chi connectivity index (χ3v) is 3.40. The topological polar surface area (TPSA) is 23.6 Å². The highest BCUT2D eigenvalue weighted by Gasteiger charge is 2.31. The van der Waals surface area contributed by atoms with Gasteiger partial charge in [0, 0.05) is 31.7 Å². The zero-order valence-electron chi connectivity index (χ0n) is 8.28. The number of piperazine rings is 1. The second kappa shape index (κ2) is 3.66. The highest BCUT2D eigenvalue weighted by Crippen LogP contribution is 2.27. The van der Waals surface area contributed by atoms with Crippen LogP contribution in [0, 0.1) is 0 Å². The van der Waals surface area contributed by atoms with Crippen molar-refractivity contribution in [1.82, 2.24) is 9.80 Å². The molecule has 0 radical (unpaired) electrons. The Hall–Kier alpha value is -0.570. The molecule has 1 saturated heterocycles. The van der Waals surface area contributed by atoms with Gasteiger partial charge in [-0.25, -0.2) is 0 Å². The number of rotatable bonds is 2. The van der Waals surface area contributed by atoms with Gasteiger partial charge in [-0.1, -0.05) is 6.42 Å². The largest absolute Gasteiger partial charge is 0.342 e. The molecule has 1 aliphatic heterocycles. The lowest BCUT2D eigenvalue weighted by Crippen LogP contribution is -2.56. The number of carbonyl (C=O) groups is 1. The molecule has 3 heteroatoms. The SMILES string of the molecule is C[C@@H]1CN(C=O)CCN1C1CCC1. The summed E-state index contributed by atoms with van der Waals surface area (Å²) < 4.78 is 0. The van der Waals surface area contributed by atoms with E-state index in [0.717, 1.165) is 32.1 Å². The standard InChI is InChI=1S/C10H18N2O/c1-9-7-11(8-13)5-6-12(9)10-3-2-4-10/h8-10H,2-7H2,1H3/t9-/m1/s1. The molecule has 1 saturated carbocycles. The van der Waals surface area contributed by atoms with Crippen molar-refractivity contribution in [2.75, 3.05) is 19.6 Å². The van der Waals surface area contributed by atoms with Crippen molar-refractivity contribution in [2.24, 2.45) is 0 Å². The monoisotopic (exact) mass is 182 g/mol. The molecule has 0 aromatic carbocycles. The third kappa shape index (κ3) is 1.70. The summed E-state index contributed by atoms with van der Waals surface area (Å²) in [6, 6.07) is 1.38. The smallest absolute Gasteiger partial charge is 0.209 e. The summed E-state index contributed by atoms with van der Waals surface area (Å²) in [5, 5.41) is 0. The van der Waals surface area contributed by atoms with Gasteiger partial charge in [0.1, 0.15) is 0 Å². The number of nitrogens with zero attached hydrogens (tertiary/aromatic N) is 2. The molecular weight excluding hydrogens is 164 g/mol. The van der Waals surface area contributed by atoms with Crippen LogP contribution in [0.3, 0.4) is 0 Å². The van der Waals surface area contributed by atoms with E-state index in [1.54, 1.807) is 0 Å². The van der Waals surface area contributed by atoms with Crippen LogP contribution in [0.15, 0.2) is 0 Å². The lowest BCUT2D eigenvalue weighted by molar-refractivity contribution is -0.121. The number of amides is 1. The van der Waals surface area contributed by atoms with Gasteiger partial charge >= 0.3 is 0 Å². The predicted octanol–water partition coefficient (Wildman–Crippen LogP) is 0.701. The molecule has 3 nitrogen and oxygen atoms in total. The first-order chi connectivity index (χ1) is 6.31. The minimum atomic E-state index is 0.559. The molecule has 2 rings (SSSR count). The van der Waals surface area contributed by atoms with Crippen LogP contribution < -0.4 is 0 Å². The summed E-state index contributed by atoms with van der Waals surface area (Å²) in [7, 11) is 0. The second-order valence-electron chi connectivity index (χ2n) is 4.27. The number of carbonyl (C=O) groups excluding carboxylic acids is 1. The van der Waals surface area contributed by atoms with Gasteiger partial charge in [0.05, 0.1) is 0 Å². The van der Waals surface area contributed by atoms with E-state index >= 15 is 0 Å². The third-order valence-electron chi connectivity index (χ3n) is 3.40. The molecule has 74 valence electrons. The lowest BCUT2D eigenvalue weighted by Gasteiger charge is -2.46. The van der Waals surface area contributed by atoms with E-state index < -0.39 is 0 Å². The van der Waals surface area contributed by atoms with E-state index in [1.165, 1.54) is 19.3 Å². The lowest BCUT2D eigenvalue weighted by atomic mass is 9.90. The van der Waals surface area contributed by atoms with Crippen molar-refractivity contribution in [3.05, 3.63) is 0 Å².